The highest BCUT2D eigenvalue weighted by molar-refractivity contribution is 5.94. The molecule has 3 aromatic rings. The predicted molar refractivity (Wildman–Crippen MR) is 127 cm³/mol. The molecule has 1 aromatic heterocycles. The third kappa shape index (κ3) is 5.32. The number of aromatic amines is 1. The molecule has 1 aliphatic rings. The van der Waals surface area contributed by atoms with Crippen molar-refractivity contribution in [3.63, 3.8) is 0 Å². The van der Waals surface area contributed by atoms with Crippen LogP contribution in [0.1, 0.15) is 32.1 Å². The molecule has 0 spiro atoms. The van der Waals surface area contributed by atoms with Crippen LogP contribution in [0.15, 0.2) is 53.3 Å². The van der Waals surface area contributed by atoms with E-state index in [1.807, 2.05) is 36.4 Å². The van der Waals surface area contributed by atoms with Gasteiger partial charge < -0.3 is 10.1 Å². The van der Waals surface area contributed by atoms with Crippen LogP contribution in [0.4, 0.5) is 5.69 Å². The van der Waals surface area contributed by atoms with Crippen LogP contribution >= 0.6 is 0 Å². The van der Waals surface area contributed by atoms with Gasteiger partial charge in [-0.25, -0.2) is 5.10 Å². The zero-order chi connectivity index (χ0) is 21.5. The molecule has 0 unspecified atom stereocenters. The molecular formula is C25H32N4O2. The highest BCUT2D eigenvalue weighted by Crippen LogP contribution is 2.26. The van der Waals surface area contributed by atoms with Gasteiger partial charge in [-0.05, 0) is 57.0 Å². The highest BCUT2D eigenvalue weighted by Gasteiger charge is 2.23. The van der Waals surface area contributed by atoms with E-state index in [0.717, 1.165) is 41.9 Å². The summed E-state index contributed by atoms with van der Waals surface area (Å²) in [4.78, 5) is 14.6. The number of likely N-dealkylation sites (tertiary alicyclic amines) is 1. The maximum absolute atomic E-state index is 12.1. The first kappa shape index (κ1) is 21.5. The van der Waals surface area contributed by atoms with Crippen molar-refractivity contribution in [1.29, 1.82) is 0 Å². The number of rotatable bonds is 10. The van der Waals surface area contributed by atoms with Crippen LogP contribution < -0.4 is 10.9 Å². The lowest BCUT2D eigenvalue weighted by Crippen LogP contribution is -2.33. The Labute approximate surface area is 183 Å². The first-order chi connectivity index (χ1) is 15.3. The average Bonchev–Trinajstić information content (AvgIpc) is 3.24. The van der Waals surface area contributed by atoms with E-state index in [0.29, 0.717) is 11.4 Å². The predicted octanol–water partition coefficient (Wildman–Crippen LogP) is 4.28. The molecule has 2 aromatic carbocycles. The molecule has 2 heterocycles. The van der Waals surface area contributed by atoms with Crippen molar-refractivity contribution >= 4 is 16.5 Å². The lowest BCUT2D eigenvalue weighted by molar-refractivity contribution is 0.114. The van der Waals surface area contributed by atoms with Crippen molar-refractivity contribution in [2.75, 3.05) is 38.7 Å². The summed E-state index contributed by atoms with van der Waals surface area (Å²) < 4.78 is 5.35. The zero-order valence-electron chi connectivity index (χ0n) is 18.3. The summed E-state index contributed by atoms with van der Waals surface area (Å²) in [5.41, 5.74) is 2.72. The summed E-state index contributed by atoms with van der Waals surface area (Å²) in [7, 11) is 1.80. The maximum atomic E-state index is 12.1. The third-order valence-corrected chi connectivity index (χ3v) is 6.14. The number of anilines is 1. The monoisotopic (exact) mass is 420 g/mol. The van der Waals surface area contributed by atoms with Crippen LogP contribution in [0.25, 0.3) is 22.0 Å². The molecule has 1 fully saturated rings. The fraction of sp³-hybridized carbons (Fsp3) is 0.440. The summed E-state index contributed by atoms with van der Waals surface area (Å²) in [6, 6.07) is 16.5. The quantitative estimate of drug-likeness (QED) is 0.479. The van der Waals surface area contributed by atoms with Gasteiger partial charge in [-0.1, -0.05) is 36.8 Å². The molecule has 1 aliphatic heterocycles. The van der Waals surface area contributed by atoms with E-state index in [-0.39, 0.29) is 5.56 Å². The molecule has 6 heteroatoms. The van der Waals surface area contributed by atoms with Gasteiger partial charge in [0.05, 0.1) is 17.7 Å². The molecule has 0 aliphatic carbocycles. The molecule has 31 heavy (non-hydrogen) atoms. The van der Waals surface area contributed by atoms with E-state index in [2.05, 4.69) is 32.5 Å². The number of H-pyrrole nitrogens is 1. The maximum Gasteiger partial charge on any atom is 0.272 e. The summed E-state index contributed by atoms with van der Waals surface area (Å²) in [6.07, 6.45) is 6.16. The van der Waals surface area contributed by atoms with Crippen molar-refractivity contribution in [2.45, 2.75) is 38.1 Å². The molecule has 2 N–H and O–H groups in total. The van der Waals surface area contributed by atoms with Crippen LogP contribution in [0.3, 0.4) is 0 Å². The van der Waals surface area contributed by atoms with Gasteiger partial charge in [0.15, 0.2) is 0 Å². The van der Waals surface area contributed by atoms with Crippen molar-refractivity contribution in [2.24, 2.45) is 0 Å². The van der Waals surface area contributed by atoms with Gasteiger partial charge in [0.2, 0.25) is 0 Å². The van der Waals surface area contributed by atoms with Gasteiger partial charge in [-0.2, -0.15) is 5.10 Å². The number of hydrogen-bond donors (Lipinski definition) is 2. The van der Waals surface area contributed by atoms with Crippen molar-refractivity contribution in [1.82, 2.24) is 15.1 Å². The Morgan fingerprint density at radius 3 is 2.87 bits per heavy atom. The van der Waals surface area contributed by atoms with Gasteiger partial charge in [-0.15, -0.1) is 0 Å². The smallest absolute Gasteiger partial charge is 0.272 e. The Hall–Kier alpha value is -2.70. The summed E-state index contributed by atoms with van der Waals surface area (Å²) in [5, 5.41) is 12.0. The van der Waals surface area contributed by atoms with E-state index < -0.39 is 0 Å². The molecule has 0 radical (unpaired) electrons. The minimum atomic E-state index is -0.156. The highest BCUT2D eigenvalue weighted by atomic mass is 16.5. The molecule has 0 bridgehead atoms. The Bertz CT molecular complexity index is 1050. The van der Waals surface area contributed by atoms with E-state index >= 15 is 0 Å². The normalized spacial score (nSPS) is 16.7. The van der Waals surface area contributed by atoms with Gasteiger partial charge in [-0.3, -0.25) is 9.69 Å². The Balaban J connectivity index is 1.29. The van der Waals surface area contributed by atoms with Gasteiger partial charge >= 0.3 is 0 Å². The van der Waals surface area contributed by atoms with E-state index in [4.69, 9.17) is 4.74 Å². The molecule has 0 amide bonds. The lowest BCUT2D eigenvalue weighted by Gasteiger charge is -2.23. The summed E-state index contributed by atoms with van der Waals surface area (Å²) in [6.45, 7) is 4.20. The zero-order valence-corrected chi connectivity index (χ0v) is 18.3. The number of nitrogens with one attached hydrogen (secondary N) is 2. The standard InChI is InChI=1S/C25H32N4O2/c1-31-18-21-11-8-16-29(21)15-6-2-5-14-26-20-10-7-9-19(17-20)24-22-12-3-4-13-23(22)25(30)28-27-24/h3-4,7,9-10,12-13,17,21,26H,2,5-6,8,11,14-16,18H2,1H3,(H,28,30)/t21-/m1/s1. The topological polar surface area (TPSA) is 70.2 Å². The second-order valence-electron chi connectivity index (χ2n) is 8.30. The third-order valence-electron chi connectivity index (χ3n) is 6.14. The molecule has 1 saturated heterocycles. The molecule has 4 rings (SSSR count). The largest absolute Gasteiger partial charge is 0.385 e. The second-order valence-corrected chi connectivity index (χ2v) is 8.30. The fourth-order valence-electron chi connectivity index (χ4n) is 4.53. The van der Waals surface area contributed by atoms with E-state index in [1.165, 1.54) is 38.8 Å². The summed E-state index contributed by atoms with van der Waals surface area (Å²) >= 11 is 0. The fourth-order valence-corrected chi connectivity index (χ4v) is 4.53. The van der Waals surface area contributed by atoms with Gasteiger partial charge in [0.1, 0.15) is 0 Å². The van der Waals surface area contributed by atoms with Crippen LogP contribution in [-0.4, -0.2) is 54.5 Å². The number of unbranched alkanes of at least 4 members (excludes halogenated alkanes) is 2. The SMILES string of the molecule is COC[C@H]1CCCN1CCCCCNc1cccc(-c2n[nH]c(=O)c3ccccc23)c1. The minimum absolute atomic E-state index is 0.156. The van der Waals surface area contributed by atoms with Crippen LogP contribution in [0.5, 0.6) is 0 Å². The minimum Gasteiger partial charge on any atom is -0.385 e. The molecule has 1 atom stereocenters. The van der Waals surface area contributed by atoms with Crippen LogP contribution in [0.2, 0.25) is 0 Å². The van der Waals surface area contributed by atoms with Crippen LogP contribution in [0, 0.1) is 0 Å². The van der Waals surface area contributed by atoms with Crippen molar-refractivity contribution in [3.05, 3.63) is 58.9 Å². The van der Waals surface area contributed by atoms with Gasteiger partial charge in [0, 0.05) is 36.3 Å². The van der Waals surface area contributed by atoms with Crippen molar-refractivity contribution < 1.29 is 4.74 Å². The summed E-state index contributed by atoms with van der Waals surface area (Å²) in [5.74, 6) is 0. The first-order valence-corrected chi connectivity index (χ1v) is 11.3. The number of hydrogen-bond acceptors (Lipinski definition) is 5. The Kier molecular flexibility index (Phi) is 7.33. The lowest BCUT2D eigenvalue weighted by atomic mass is 10.0. The van der Waals surface area contributed by atoms with Crippen LogP contribution in [-0.2, 0) is 4.74 Å². The average molecular weight is 421 g/mol. The second kappa shape index (κ2) is 10.6. The molecule has 6 nitrogen and oxygen atoms in total. The van der Waals surface area contributed by atoms with Gasteiger partial charge in [0.25, 0.3) is 5.56 Å². The van der Waals surface area contributed by atoms with Crippen molar-refractivity contribution in [3.8, 4) is 11.3 Å². The number of methoxy groups -OCH3 is 1. The number of aromatic nitrogens is 2. The Morgan fingerprint density at radius 2 is 2.00 bits per heavy atom. The van der Waals surface area contributed by atoms with E-state index in [9.17, 15) is 4.79 Å². The number of benzene rings is 2. The molecule has 164 valence electrons. The Morgan fingerprint density at radius 1 is 1.13 bits per heavy atom. The molecule has 0 saturated carbocycles. The number of ether oxygens (including phenoxy) is 1. The number of nitrogens with zero attached hydrogens (tertiary/aromatic N) is 2. The van der Waals surface area contributed by atoms with E-state index in [1.54, 1.807) is 7.11 Å². The number of fused-ring (bicyclic) bond motifs is 1. The molecular weight excluding hydrogens is 388 g/mol. The first-order valence-electron chi connectivity index (χ1n) is 11.3.